The van der Waals surface area contributed by atoms with E-state index in [2.05, 4.69) is 15.9 Å². The number of halogens is 2. The van der Waals surface area contributed by atoms with E-state index in [4.69, 9.17) is 4.74 Å². The average molecular weight is 259 g/mol. The SMILES string of the molecule is Cc1c(Br)cc(F)c2c1COC2C=O. The predicted octanol–water partition coefficient (Wildman–Crippen LogP) is 2.67. The molecule has 0 aliphatic carbocycles. The second-order valence-corrected chi connectivity index (χ2v) is 4.08. The largest absolute Gasteiger partial charge is 0.361 e. The Kier molecular flexibility index (Phi) is 2.41. The Bertz CT molecular complexity index is 404. The summed E-state index contributed by atoms with van der Waals surface area (Å²) in [6.45, 7) is 2.18. The molecule has 0 aromatic heterocycles. The van der Waals surface area contributed by atoms with Crippen molar-refractivity contribution >= 4 is 22.2 Å². The van der Waals surface area contributed by atoms with Crippen molar-refractivity contribution in [3.8, 4) is 0 Å². The van der Waals surface area contributed by atoms with E-state index in [0.29, 0.717) is 22.9 Å². The summed E-state index contributed by atoms with van der Waals surface area (Å²) < 4.78 is 19.4. The Hall–Kier alpha value is -0.740. The number of carbonyl (C=O) groups excluding carboxylic acids is 1. The third kappa shape index (κ3) is 1.29. The van der Waals surface area contributed by atoms with Crippen LogP contribution in [-0.2, 0) is 16.1 Å². The monoisotopic (exact) mass is 258 g/mol. The molecule has 74 valence electrons. The Labute approximate surface area is 89.2 Å². The van der Waals surface area contributed by atoms with Crippen LogP contribution in [0.4, 0.5) is 4.39 Å². The van der Waals surface area contributed by atoms with Crippen LogP contribution in [0.3, 0.4) is 0 Å². The molecule has 1 aromatic carbocycles. The predicted molar refractivity (Wildman–Crippen MR) is 52.4 cm³/mol. The molecule has 1 aliphatic heterocycles. The lowest BCUT2D eigenvalue weighted by atomic mass is 10.0. The first-order valence-corrected chi connectivity index (χ1v) is 4.98. The van der Waals surface area contributed by atoms with Crippen LogP contribution in [0.2, 0.25) is 0 Å². The molecule has 1 aromatic rings. The van der Waals surface area contributed by atoms with E-state index in [1.165, 1.54) is 6.07 Å². The minimum atomic E-state index is -0.739. The molecule has 1 atom stereocenters. The molecule has 1 unspecified atom stereocenters. The van der Waals surface area contributed by atoms with Gasteiger partial charge in [0.1, 0.15) is 11.9 Å². The molecule has 0 spiro atoms. The van der Waals surface area contributed by atoms with E-state index < -0.39 is 6.10 Å². The van der Waals surface area contributed by atoms with Crippen molar-refractivity contribution in [3.05, 3.63) is 33.0 Å². The van der Waals surface area contributed by atoms with Gasteiger partial charge >= 0.3 is 0 Å². The van der Waals surface area contributed by atoms with Crippen molar-refractivity contribution < 1.29 is 13.9 Å². The fourth-order valence-corrected chi connectivity index (χ4v) is 2.09. The number of rotatable bonds is 1. The summed E-state index contributed by atoms with van der Waals surface area (Å²) in [6.07, 6.45) is -0.112. The number of fused-ring (bicyclic) bond motifs is 1. The minimum absolute atomic E-state index is 0.306. The first-order chi connectivity index (χ1) is 6.65. The molecular formula is C10H8BrFO2. The molecule has 0 amide bonds. The zero-order valence-corrected chi connectivity index (χ0v) is 9.10. The summed E-state index contributed by atoms with van der Waals surface area (Å²) in [5.74, 6) is -0.382. The molecule has 1 heterocycles. The van der Waals surface area contributed by atoms with Gasteiger partial charge in [-0.05, 0) is 24.1 Å². The first-order valence-electron chi connectivity index (χ1n) is 4.19. The second kappa shape index (κ2) is 3.44. The zero-order chi connectivity index (χ0) is 10.3. The smallest absolute Gasteiger partial charge is 0.153 e. The van der Waals surface area contributed by atoms with Gasteiger partial charge in [-0.15, -0.1) is 0 Å². The lowest BCUT2D eigenvalue weighted by Crippen LogP contribution is -2.00. The Morgan fingerprint density at radius 3 is 3.07 bits per heavy atom. The fourth-order valence-electron chi connectivity index (χ4n) is 1.64. The minimum Gasteiger partial charge on any atom is -0.361 e. The normalized spacial score (nSPS) is 19.5. The number of aldehydes is 1. The van der Waals surface area contributed by atoms with Crippen molar-refractivity contribution in [3.63, 3.8) is 0 Å². The lowest BCUT2D eigenvalue weighted by Gasteiger charge is -2.07. The molecule has 0 fully saturated rings. The van der Waals surface area contributed by atoms with Crippen molar-refractivity contribution in [2.45, 2.75) is 19.6 Å². The van der Waals surface area contributed by atoms with E-state index >= 15 is 0 Å². The molecule has 0 N–H and O–H groups in total. The zero-order valence-electron chi connectivity index (χ0n) is 7.51. The highest BCUT2D eigenvalue weighted by molar-refractivity contribution is 9.10. The van der Waals surface area contributed by atoms with E-state index in [1.54, 1.807) is 0 Å². The van der Waals surface area contributed by atoms with Crippen molar-refractivity contribution in [2.24, 2.45) is 0 Å². The molecule has 0 saturated carbocycles. The van der Waals surface area contributed by atoms with Crippen molar-refractivity contribution in [1.29, 1.82) is 0 Å². The van der Waals surface area contributed by atoms with Gasteiger partial charge in [-0.3, -0.25) is 0 Å². The molecule has 0 saturated heterocycles. The highest BCUT2D eigenvalue weighted by Crippen LogP contribution is 2.36. The van der Waals surface area contributed by atoms with Gasteiger partial charge in [-0.1, -0.05) is 15.9 Å². The third-order valence-corrected chi connectivity index (χ3v) is 3.29. The van der Waals surface area contributed by atoms with Gasteiger partial charge in [0.05, 0.1) is 6.61 Å². The van der Waals surface area contributed by atoms with Crippen LogP contribution in [0.5, 0.6) is 0 Å². The molecule has 0 radical (unpaired) electrons. The van der Waals surface area contributed by atoms with Gasteiger partial charge in [0.25, 0.3) is 0 Å². The summed E-state index contributed by atoms with van der Waals surface area (Å²) in [5, 5.41) is 0. The number of ether oxygens (including phenoxy) is 1. The van der Waals surface area contributed by atoms with Gasteiger partial charge in [-0.25, -0.2) is 4.39 Å². The molecule has 14 heavy (non-hydrogen) atoms. The lowest BCUT2D eigenvalue weighted by molar-refractivity contribution is -0.117. The van der Waals surface area contributed by atoms with Crippen LogP contribution in [0.1, 0.15) is 22.8 Å². The Morgan fingerprint density at radius 2 is 2.43 bits per heavy atom. The quantitative estimate of drug-likeness (QED) is 0.725. The van der Waals surface area contributed by atoms with Crippen LogP contribution < -0.4 is 0 Å². The van der Waals surface area contributed by atoms with Crippen LogP contribution in [-0.4, -0.2) is 6.29 Å². The highest BCUT2D eigenvalue weighted by atomic mass is 79.9. The molecular weight excluding hydrogens is 251 g/mol. The van der Waals surface area contributed by atoms with Crippen LogP contribution in [0.25, 0.3) is 0 Å². The number of carbonyl (C=O) groups is 1. The van der Waals surface area contributed by atoms with Crippen LogP contribution >= 0.6 is 15.9 Å². The fraction of sp³-hybridized carbons (Fsp3) is 0.300. The second-order valence-electron chi connectivity index (χ2n) is 3.23. The van der Waals surface area contributed by atoms with E-state index in [1.807, 2.05) is 6.92 Å². The number of hydrogen-bond acceptors (Lipinski definition) is 2. The summed E-state index contributed by atoms with van der Waals surface area (Å²) in [7, 11) is 0. The maximum absolute atomic E-state index is 13.5. The van der Waals surface area contributed by atoms with Crippen molar-refractivity contribution in [1.82, 2.24) is 0 Å². The first kappa shape index (κ1) is 9.80. The van der Waals surface area contributed by atoms with Gasteiger partial charge in [0, 0.05) is 10.0 Å². The van der Waals surface area contributed by atoms with Gasteiger partial charge in [-0.2, -0.15) is 0 Å². The van der Waals surface area contributed by atoms with E-state index in [-0.39, 0.29) is 5.82 Å². The highest BCUT2D eigenvalue weighted by Gasteiger charge is 2.28. The Morgan fingerprint density at radius 1 is 1.71 bits per heavy atom. The number of benzene rings is 1. The standard InChI is InChI=1S/C10H8BrFO2/c1-5-6-4-14-9(3-13)10(6)8(12)2-7(5)11/h2-3,9H,4H2,1H3. The third-order valence-electron chi connectivity index (χ3n) is 2.46. The molecule has 1 aliphatic rings. The van der Waals surface area contributed by atoms with Gasteiger partial charge in [0.2, 0.25) is 0 Å². The summed E-state index contributed by atoms with van der Waals surface area (Å²) in [4.78, 5) is 10.6. The topological polar surface area (TPSA) is 26.3 Å². The molecule has 4 heteroatoms. The molecule has 0 bridgehead atoms. The van der Waals surface area contributed by atoms with E-state index in [0.717, 1.165) is 11.1 Å². The molecule has 2 nitrogen and oxygen atoms in total. The van der Waals surface area contributed by atoms with Crippen molar-refractivity contribution in [2.75, 3.05) is 0 Å². The van der Waals surface area contributed by atoms with Crippen LogP contribution in [0, 0.1) is 12.7 Å². The average Bonchev–Trinajstić information content (AvgIpc) is 2.58. The van der Waals surface area contributed by atoms with Crippen LogP contribution in [0.15, 0.2) is 10.5 Å². The summed E-state index contributed by atoms with van der Waals surface area (Å²) >= 11 is 3.26. The Balaban J connectivity index is 2.66. The molecule has 2 rings (SSSR count). The maximum atomic E-state index is 13.5. The number of hydrogen-bond donors (Lipinski definition) is 0. The van der Waals surface area contributed by atoms with Gasteiger partial charge in [0.15, 0.2) is 6.29 Å². The summed E-state index contributed by atoms with van der Waals surface area (Å²) in [6, 6.07) is 1.37. The summed E-state index contributed by atoms with van der Waals surface area (Å²) in [5.41, 5.74) is 2.11. The van der Waals surface area contributed by atoms with Gasteiger partial charge < -0.3 is 9.53 Å². The van der Waals surface area contributed by atoms with E-state index in [9.17, 15) is 9.18 Å². The maximum Gasteiger partial charge on any atom is 0.153 e.